The second-order valence-corrected chi connectivity index (χ2v) is 3.56. The van der Waals surface area contributed by atoms with E-state index in [1.165, 1.54) is 6.07 Å². The molecule has 0 spiro atoms. The van der Waals surface area contributed by atoms with Crippen molar-refractivity contribution in [1.82, 2.24) is 4.98 Å². The van der Waals surface area contributed by atoms with E-state index in [-0.39, 0.29) is 5.02 Å². The lowest BCUT2D eigenvalue weighted by Crippen LogP contribution is -1.94. The number of hydrogen-bond acceptors (Lipinski definition) is 2. The molecule has 2 N–H and O–H groups in total. The van der Waals surface area contributed by atoms with Crippen LogP contribution in [0.15, 0.2) is 18.2 Å². The number of halogens is 2. The van der Waals surface area contributed by atoms with Gasteiger partial charge in [0.15, 0.2) is 0 Å². The average Bonchev–Trinajstić information content (AvgIpc) is 2.11. The summed E-state index contributed by atoms with van der Waals surface area (Å²) < 4.78 is 13.1. The molecule has 0 amide bonds. The number of nitrogens with two attached hydrogens (primary N) is 1. The Balaban J connectivity index is 2.83. The fraction of sp³-hybridized carbons (Fsp3) is 0.100. The number of rotatable bonds is 0. The Morgan fingerprint density at radius 2 is 2.07 bits per heavy atom. The van der Waals surface area contributed by atoms with Gasteiger partial charge in [-0.2, -0.15) is 0 Å². The Morgan fingerprint density at radius 1 is 1.36 bits per heavy atom. The highest BCUT2D eigenvalue weighted by atomic mass is 35.5. The standard InChI is InChI=1S/C10H8ClFN2/c1-5-2-6-3-7(11)8(12)4-9(6)14-10(5)13/h2-4H,1H3,(H2,13,14). The van der Waals surface area contributed by atoms with Crippen LogP contribution in [0.5, 0.6) is 0 Å². The van der Waals surface area contributed by atoms with E-state index in [0.717, 1.165) is 10.9 Å². The van der Waals surface area contributed by atoms with E-state index < -0.39 is 5.82 Å². The van der Waals surface area contributed by atoms with Crippen LogP contribution in [-0.4, -0.2) is 4.98 Å². The number of anilines is 1. The number of fused-ring (bicyclic) bond motifs is 1. The summed E-state index contributed by atoms with van der Waals surface area (Å²) in [5.74, 6) is -0.0610. The van der Waals surface area contributed by atoms with Gasteiger partial charge in [-0.25, -0.2) is 9.37 Å². The van der Waals surface area contributed by atoms with E-state index in [1.807, 2.05) is 13.0 Å². The maximum absolute atomic E-state index is 13.1. The molecule has 1 aromatic heterocycles. The van der Waals surface area contributed by atoms with Gasteiger partial charge in [0.25, 0.3) is 0 Å². The lowest BCUT2D eigenvalue weighted by Gasteiger charge is -2.03. The summed E-state index contributed by atoms with van der Waals surface area (Å²) in [4.78, 5) is 4.06. The van der Waals surface area contributed by atoms with Gasteiger partial charge < -0.3 is 5.73 Å². The van der Waals surface area contributed by atoms with Gasteiger partial charge in [0.1, 0.15) is 11.6 Å². The van der Waals surface area contributed by atoms with Crippen molar-refractivity contribution in [2.24, 2.45) is 0 Å². The molecule has 4 heteroatoms. The molecule has 2 rings (SSSR count). The molecule has 0 aliphatic carbocycles. The summed E-state index contributed by atoms with van der Waals surface area (Å²) in [5, 5.41) is 0.895. The van der Waals surface area contributed by atoms with Crippen LogP contribution in [0.25, 0.3) is 10.9 Å². The van der Waals surface area contributed by atoms with Gasteiger partial charge in [-0.15, -0.1) is 0 Å². The third kappa shape index (κ3) is 1.40. The quantitative estimate of drug-likeness (QED) is 0.726. The molecule has 2 nitrogen and oxygen atoms in total. The summed E-state index contributed by atoms with van der Waals surface area (Å²) in [7, 11) is 0. The summed E-state index contributed by atoms with van der Waals surface area (Å²) in [6, 6.07) is 4.67. The second-order valence-electron chi connectivity index (χ2n) is 3.15. The van der Waals surface area contributed by atoms with Gasteiger partial charge in [0.05, 0.1) is 10.5 Å². The molecule has 14 heavy (non-hydrogen) atoms. The molecule has 72 valence electrons. The Labute approximate surface area is 85.5 Å². The van der Waals surface area contributed by atoms with Crippen molar-refractivity contribution < 1.29 is 4.39 Å². The number of nitrogen functional groups attached to an aromatic ring is 1. The minimum Gasteiger partial charge on any atom is -0.383 e. The van der Waals surface area contributed by atoms with Crippen molar-refractivity contribution >= 4 is 28.3 Å². The number of nitrogens with zero attached hydrogens (tertiary/aromatic N) is 1. The van der Waals surface area contributed by atoms with Crippen LogP contribution in [0.3, 0.4) is 0 Å². The third-order valence-electron chi connectivity index (χ3n) is 2.09. The SMILES string of the molecule is Cc1cc2cc(Cl)c(F)cc2nc1N. The summed E-state index contributed by atoms with van der Waals surface area (Å²) in [5.41, 5.74) is 6.99. The molecule has 0 fully saturated rings. The number of hydrogen-bond donors (Lipinski definition) is 1. The number of pyridine rings is 1. The first-order valence-electron chi connectivity index (χ1n) is 4.10. The van der Waals surface area contributed by atoms with Crippen LogP contribution in [0.2, 0.25) is 5.02 Å². The molecule has 0 saturated heterocycles. The Bertz CT molecular complexity index is 422. The zero-order chi connectivity index (χ0) is 10.3. The zero-order valence-electron chi connectivity index (χ0n) is 7.51. The smallest absolute Gasteiger partial charge is 0.143 e. The Hall–Kier alpha value is -1.35. The van der Waals surface area contributed by atoms with Crippen LogP contribution in [0.1, 0.15) is 5.56 Å². The first kappa shape index (κ1) is 9.21. The number of benzene rings is 1. The fourth-order valence-electron chi connectivity index (χ4n) is 1.29. The molecule has 1 aromatic carbocycles. The van der Waals surface area contributed by atoms with E-state index >= 15 is 0 Å². The maximum Gasteiger partial charge on any atom is 0.143 e. The summed E-state index contributed by atoms with van der Waals surface area (Å²) >= 11 is 5.65. The molecule has 2 aromatic rings. The van der Waals surface area contributed by atoms with Gasteiger partial charge in [-0.1, -0.05) is 11.6 Å². The average molecular weight is 211 g/mol. The molecule has 0 atom stereocenters. The summed E-state index contributed by atoms with van der Waals surface area (Å²) in [6.45, 7) is 1.85. The van der Waals surface area contributed by atoms with Gasteiger partial charge in [-0.3, -0.25) is 0 Å². The molecule has 0 unspecified atom stereocenters. The fourth-order valence-corrected chi connectivity index (χ4v) is 1.46. The normalized spacial score (nSPS) is 10.8. The predicted octanol–water partition coefficient (Wildman–Crippen LogP) is 2.92. The maximum atomic E-state index is 13.1. The van der Waals surface area contributed by atoms with Crippen LogP contribution >= 0.6 is 11.6 Å². The van der Waals surface area contributed by atoms with Crippen molar-refractivity contribution in [3.05, 3.63) is 34.6 Å². The van der Waals surface area contributed by atoms with Crippen LogP contribution in [-0.2, 0) is 0 Å². The topological polar surface area (TPSA) is 38.9 Å². The zero-order valence-corrected chi connectivity index (χ0v) is 8.27. The monoisotopic (exact) mass is 210 g/mol. The molecule has 0 radical (unpaired) electrons. The molecule has 0 bridgehead atoms. The van der Waals surface area contributed by atoms with Gasteiger partial charge in [-0.05, 0) is 24.6 Å². The largest absolute Gasteiger partial charge is 0.383 e. The van der Waals surface area contributed by atoms with Crippen molar-refractivity contribution in [2.75, 3.05) is 5.73 Å². The molecule has 0 aliphatic rings. The van der Waals surface area contributed by atoms with Crippen molar-refractivity contribution in [3.8, 4) is 0 Å². The van der Waals surface area contributed by atoms with E-state index in [1.54, 1.807) is 6.07 Å². The second kappa shape index (κ2) is 3.10. The minimum atomic E-state index is -0.477. The van der Waals surface area contributed by atoms with Crippen molar-refractivity contribution in [3.63, 3.8) is 0 Å². The van der Waals surface area contributed by atoms with Gasteiger partial charge in [0.2, 0.25) is 0 Å². The highest BCUT2D eigenvalue weighted by molar-refractivity contribution is 6.31. The summed E-state index contributed by atoms with van der Waals surface area (Å²) in [6.07, 6.45) is 0. The first-order chi connectivity index (χ1) is 6.58. The highest BCUT2D eigenvalue weighted by Crippen LogP contribution is 2.24. The van der Waals surface area contributed by atoms with Gasteiger partial charge in [0, 0.05) is 11.5 Å². The van der Waals surface area contributed by atoms with E-state index in [0.29, 0.717) is 11.3 Å². The third-order valence-corrected chi connectivity index (χ3v) is 2.38. The lowest BCUT2D eigenvalue weighted by molar-refractivity contribution is 0.630. The molecule has 0 aliphatic heterocycles. The van der Waals surface area contributed by atoms with E-state index in [4.69, 9.17) is 17.3 Å². The van der Waals surface area contributed by atoms with Crippen LogP contribution in [0.4, 0.5) is 10.2 Å². The van der Waals surface area contributed by atoms with Crippen LogP contribution < -0.4 is 5.73 Å². The number of aromatic nitrogens is 1. The highest BCUT2D eigenvalue weighted by Gasteiger charge is 2.05. The number of aryl methyl sites for hydroxylation is 1. The van der Waals surface area contributed by atoms with Crippen molar-refractivity contribution in [1.29, 1.82) is 0 Å². The lowest BCUT2D eigenvalue weighted by atomic mass is 10.1. The van der Waals surface area contributed by atoms with Crippen LogP contribution in [0, 0.1) is 12.7 Å². The van der Waals surface area contributed by atoms with E-state index in [2.05, 4.69) is 4.98 Å². The van der Waals surface area contributed by atoms with Crippen molar-refractivity contribution in [2.45, 2.75) is 6.92 Å². The molecule has 0 saturated carbocycles. The molecular weight excluding hydrogens is 203 g/mol. The molecular formula is C10H8ClFN2. The predicted molar refractivity (Wildman–Crippen MR) is 55.9 cm³/mol. The Kier molecular flexibility index (Phi) is 2.04. The minimum absolute atomic E-state index is 0.100. The molecule has 1 heterocycles. The van der Waals surface area contributed by atoms with Gasteiger partial charge >= 0.3 is 0 Å². The van der Waals surface area contributed by atoms with E-state index in [9.17, 15) is 4.39 Å². The first-order valence-corrected chi connectivity index (χ1v) is 4.47. The Morgan fingerprint density at radius 3 is 2.79 bits per heavy atom.